The topological polar surface area (TPSA) is 120 Å². The van der Waals surface area contributed by atoms with E-state index in [9.17, 15) is 19.8 Å². The number of nitrogens with zero attached hydrogens (tertiary/aromatic N) is 2. The third-order valence-corrected chi connectivity index (χ3v) is 7.52. The van der Waals surface area contributed by atoms with E-state index in [1.165, 1.54) is 29.7 Å². The second-order valence-electron chi connectivity index (χ2n) is 11.0. The average molecular weight is 571 g/mol. The lowest BCUT2D eigenvalue weighted by Crippen LogP contribution is -2.42. The first-order valence-electron chi connectivity index (χ1n) is 13.4. The highest BCUT2D eigenvalue weighted by atomic mass is 35.5. The summed E-state index contributed by atoms with van der Waals surface area (Å²) in [6.07, 6.45) is 1.75. The quantitative estimate of drug-likeness (QED) is 0.229. The number of phenols is 1. The first-order valence-corrected chi connectivity index (χ1v) is 13.8. The van der Waals surface area contributed by atoms with Crippen LogP contribution in [-0.4, -0.2) is 43.5 Å². The molecule has 1 aliphatic rings. The summed E-state index contributed by atoms with van der Waals surface area (Å²) >= 11 is 6.47. The Bertz CT molecular complexity index is 1690. The van der Waals surface area contributed by atoms with Gasteiger partial charge in [-0.1, -0.05) is 55.5 Å². The van der Waals surface area contributed by atoms with Crippen LogP contribution in [0.3, 0.4) is 0 Å². The smallest absolute Gasteiger partial charge is 0.348 e. The van der Waals surface area contributed by atoms with Crippen LogP contribution < -0.4 is 11.0 Å². The van der Waals surface area contributed by atoms with Crippen LogP contribution >= 0.6 is 11.6 Å². The number of aliphatic hydroxyl groups excluding tert-OH is 1. The van der Waals surface area contributed by atoms with E-state index in [2.05, 4.69) is 27.2 Å². The average Bonchev–Trinajstić information content (AvgIpc) is 3.71. The molecular weight excluding hydrogens is 540 g/mol. The summed E-state index contributed by atoms with van der Waals surface area (Å²) < 4.78 is 1.21. The van der Waals surface area contributed by atoms with Crippen molar-refractivity contribution in [2.75, 3.05) is 6.54 Å². The summed E-state index contributed by atoms with van der Waals surface area (Å²) in [5, 5.41) is 28.6. The molecule has 210 valence electrons. The van der Waals surface area contributed by atoms with Crippen molar-refractivity contribution in [3.05, 3.63) is 98.9 Å². The maximum absolute atomic E-state index is 12.9. The van der Waals surface area contributed by atoms with Gasteiger partial charge < -0.3 is 15.5 Å². The van der Waals surface area contributed by atoms with Crippen molar-refractivity contribution in [3.8, 4) is 34.7 Å². The number of aromatic amines is 1. The Kier molecular flexibility index (Phi) is 8.02. The largest absolute Gasteiger partial charge is 0.507 e. The zero-order valence-corrected chi connectivity index (χ0v) is 23.6. The molecule has 8 nitrogen and oxygen atoms in total. The van der Waals surface area contributed by atoms with E-state index in [1.807, 2.05) is 38.1 Å². The molecule has 0 bridgehead atoms. The highest BCUT2D eigenvalue weighted by Gasteiger charge is 2.29. The van der Waals surface area contributed by atoms with Crippen molar-refractivity contribution >= 4 is 17.5 Å². The van der Waals surface area contributed by atoms with Crippen molar-refractivity contribution in [1.29, 1.82) is 0 Å². The molecule has 1 aromatic heterocycles. The van der Waals surface area contributed by atoms with E-state index in [1.54, 1.807) is 30.3 Å². The van der Waals surface area contributed by atoms with Gasteiger partial charge in [-0.15, -0.1) is 5.10 Å². The molecule has 1 fully saturated rings. The molecule has 0 saturated heterocycles. The van der Waals surface area contributed by atoms with Crippen LogP contribution in [0.1, 0.15) is 48.2 Å². The fraction of sp³-hybridized carbons (Fsp3) is 0.281. The van der Waals surface area contributed by atoms with Crippen molar-refractivity contribution in [2.24, 2.45) is 11.3 Å². The molecule has 4 N–H and O–H groups in total. The first kappa shape index (κ1) is 28.2. The van der Waals surface area contributed by atoms with E-state index in [-0.39, 0.29) is 24.3 Å². The lowest BCUT2D eigenvalue weighted by Gasteiger charge is -2.31. The van der Waals surface area contributed by atoms with E-state index in [4.69, 9.17) is 11.6 Å². The van der Waals surface area contributed by atoms with Gasteiger partial charge >= 0.3 is 5.69 Å². The van der Waals surface area contributed by atoms with Crippen molar-refractivity contribution in [3.63, 3.8) is 0 Å². The number of amides is 1. The maximum Gasteiger partial charge on any atom is 0.348 e. The molecule has 1 unspecified atom stereocenters. The summed E-state index contributed by atoms with van der Waals surface area (Å²) in [7, 11) is 0. The third-order valence-electron chi connectivity index (χ3n) is 7.20. The fourth-order valence-corrected chi connectivity index (χ4v) is 4.47. The second kappa shape index (κ2) is 11.7. The SMILES string of the molecule is CC(C)(CNC(=O)c1ccccc1O)C(O)Cc1ccc(Cl)c(-n2nc(-c3ccc(C#CC4CC4)cc3)[nH]c2=O)c1. The number of hydrogen-bond acceptors (Lipinski definition) is 5. The normalized spacial score (nSPS) is 13.8. The Hall–Kier alpha value is -4.32. The van der Waals surface area contributed by atoms with Gasteiger partial charge in [0.2, 0.25) is 0 Å². The monoisotopic (exact) mass is 570 g/mol. The number of phenolic OH excluding ortho intramolecular Hbond substituents is 1. The third kappa shape index (κ3) is 6.71. The standard InChI is InChI=1S/C32H31ClN4O4/c1-32(2,19-34-30(40)24-5-3-4-6-27(24)38)28(39)18-22-13-16-25(33)26(17-22)37-31(41)35-29(36-37)23-14-11-21(12-15-23)10-9-20-7-8-20/h3-6,11-17,20,28,38-39H,7-8,18-19H2,1-2H3,(H,34,40)(H,35,36,41). The number of aromatic hydroxyl groups is 1. The number of H-pyrrole nitrogens is 1. The molecule has 1 atom stereocenters. The van der Waals surface area contributed by atoms with Gasteiger partial charge in [-0.05, 0) is 73.4 Å². The van der Waals surface area contributed by atoms with Crippen LogP contribution in [0.2, 0.25) is 5.02 Å². The van der Waals surface area contributed by atoms with Gasteiger partial charge in [0.15, 0.2) is 5.82 Å². The molecule has 5 rings (SSSR count). The number of carbonyl (C=O) groups excluding carboxylic acids is 1. The second-order valence-corrected chi connectivity index (χ2v) is 11.4. The molecule has 0 radical (unpaired) electrons. The highest BCUT2D eigenvalue weighted by molar-refractivity contribution is 6.32. The minimum Gasteiger partial charge on any atom is -0.507 e. The Morgan fingerprint density at radius 3 is 2.61 bits per heavy atom. The number of carbonyl (C=O) groups is 1. The van der Waals surface area contributed by atoms with E-state index in [0.29, 0.717) is 22.5 Å². The van der Waals surface area contributed by atoms with Crippen LogP contribution in [0.5, 0.6) is 5.75 Å². The Labute approximate surface area is 243 Å². The summed E-state index contributed by atoms with van der Waals surface area (Å²) in [5.74, 6) is 6.80. The summed E-state index contributed by atoms with van der Waals surface area (Å²) in [6.45, 7) is 3.86. The van der Waals surface area contributed by atoms with Gasteiger partial charge in [0, 0.05) is 29.0 Å². The van der Waals surface area contributed by atoms with Crippen LogP contribution in [0.15, 0.2) is 71.5 Å². The van der Waals surface area contributed by atoms with Crippen molar-refractivity contribution in [2.45, 2.75) is 39.2 Å². The van der Waals surface area contributed by atoms with E-state index in [0.717, 1.165) is 16.7 Å². The Balaban J connectivity index is 1.29. The minimum atomic E-state index is -0.839. The zero-order chi connectivity index (χ0) is 29.1. The molecule has 1 heterocycles. The minimum absolute atomic E-state index is 0.107. The van der Waals surface area contributed by atoms with Crippen molar-refractivity contribution in [1.82, 2.24) is 20.1 Å². The van der Waals surface area contributed by atoms with Crippen LogP contribution in [-0.2, 0) is 6.42 Å². The van der Waals surface area contributed by atoms with Gasteiger partial charge in [-0.3, -0.25) is 9.78 Å². The molecule has 1 aliphatic carbocycles. The summed E-state index contributed by atoms with van der Waals surface area (Å²) in [4.78, 5) is 28.2. The number of benzene rings is 3. The number of para-hydroxylation sites is 1. The van der Waals surface area contributed by atoms with Gasteiger partial charge in [0.05, 0.1) is 22.4 Å². The lowest BCUT2D eigenvalue weighted by atomic mass is 9.83. The van der Waals surface area contributed by atoms with Crippen LogP contribution in [0.4, 0.5) is 0 Å². The van der Waals surface area contributed by atoms with E-state index < -0.39 is 23.1 Å². The number of nitrogens with one attached hydrogen (secondary N) is 2. The first-order chi connectivity index (χ1) is 19.6. The predicted octanol–water partition coefficient (Wildman–Crippen LogP) is 4.71. The maximum atomic E-state index is 12.9. The number of halogens is 1. The molecule has 3 aromatic carbocycles. The molecule has 1 saturated carbocycles. The van der Waals surface area contributed by atoms with Gasteiger partial charge in [0.25, 0.3) is 5.91 Å². The van der Waals surface area contributed by atoms with Crippen molar-refractivity contribution < 1.29 is 15.0 Å². The van der Waals surface area contributed by atoms with Crippen LogP contribution in [0, 0.1) is 23.2 Å². The number of rotatable bonds is 8. The summed E-state index contributed by atoms with van der Waals surface area (Å²) in [5.41, 5.74) is 1.82. The summed E-state index contributed by atoms with van der Waals surface area (Å²) in [6, 6.07) is 19.0. The highest BCUT2D eigenvalue weighted by Crippen LogP contribution is 2.28. The Morgan fingerprint density at radius 2 is 1.90 bits per heavy atom. The molecule has 9 heteroatoms. The fourth-order valence-electron chi connectivity index (χ4n) is 4.28. The lowest BCUT2D eigenvalue weighted by molar-refractivity contribution is 0.0487. The molecule has 0 aliphatic heterocycles. The predicted molar refractivity (Wildman–Crippen MR) is 158 cm³/mol. The van der Waals surface area contributed by atoms with Gasteiger partial charge in [-0.2, -0.15) is 4.68 Å². The van der Waals surface area contributed by atoms with Gasteiger partial charge in [-0.25, -0.2) is 4.79 Å². The number of aromatic nitrogens is 3. The number of hydrogen-bond donors (Lipinski definition) is 4. The molecular formula is C32H31ClN4O4. The van der Waals surface area contributed by atoms with E-state index >= 15 is 0 Å². The van der Waals surface area contributed by atoms with Gasteiger partial charge in [0.1, 0.15) is 5.75 Å². The molecule has 1 amide bonds. The number of aliphatic hydroxyl groups is 1. The molecule has 41 heavy (non-hydrogen) atoms. The van der Waals surface area contributed by atoms with Crippen LogP contribution in [0.25, 0.3) is 17.1 Å². The molecule has 4 aromatic rings. The molecule has 0 spiro atoms. The Morgan fingerprint density at radius 1 is 1.17 bits per heavy atom. The zero-order valence-electron chi connectivity index (χ0n) is 22.8.